The minimum Gasteiger partial charge on any atom is -0.324 e. The number of hydrogen-bond acceptors (Lipinski definition) is 6. The van der Waals surface area contributed by atoms with Gasteiger partial charge in [0.1, 0.15) is 5.69 Å². The lowest BCUT2D eigenvalue weighted by molar-refractivity contribution is -0.144. The number of anilines is 2. The van der Waals surface area contributed by atoms with E-state index < -0.39 is 12.0 Å². The van der Waals surface area contributed by atoms with Crippen LogP contribution in [0.4, 0.5) is 24.8 Å². The molecule has 0 amide bonds. The van der Waals surface area contributed by atoms with Crippen LogP contribution in [-0.2, 0) is 19.0 Å². The van der Waals surface area contributed by atoms with Gasteiger partial charge in [0.2, 0.25) is 5.95 Å². The summed E-state index contributed by atoms with van der Waals surface area (Å²) in [4.78, 5) is 10.9. The fourth-order valence-electron chi connectivity index (χ4n) is 5.48. The van der Waals surface area contributed by atoms with E-state index in [1.54, 1.807) is 18.2 Å². The van der Waals surface area contributed by atoms with Crippen molar-refractivity contribution >= 4 is 11.6 Å². The maximum atomic E-state index is 13.6. The highest BCUT2D eigenvalue weighted by molar-refractivity contribution is 5.59. The molecule has 3 aromatic heterocycles. The van der Waals surface area contributed by atoms with Crippen LogP contribution in [0, 0.1) is 6.92 Å². The van der Waals surface area contributed by atoms with Crippen molar-refractivity contribution in [1.29, 1.82) is 0 Å². The van der Waals surface area contributed by atoms with Crippen molar-refractivity contribution in [3.63, 3.8) is 0 Å². The molecular formula is C27H29F3N8. The first-order chi connectivity index (χ1) is 18.3. The standard InChI is InChI=1S/C27H29F3N8/c1-17-15-23(35-34-17)22-5-4-6-24(32-22)38-26(33-25(36-38)27(28,29)30)31-20-10-7-18-8-11-21(12-9-19(18)16-20)37-13-2-3-14-37/h4-7,10,15-16,21H,2-3,8-9,11-14H2,1H3,(H,34,35)(H,31,33,36). The van der Waals surface area contributed by atoms with Crippen LogP contribution in [0.25, 0.3) is 17.2 Å². The molecule has 0 spiro atoms. The van der Waals surface area contributed by atoms with Gasteiger partial charge in [-0.15, -0.1) is 5.10 Å². The summed E-state index contributed by atoms with van der Waals surface area (Å²) in [6.07, 6.45) is 2.04. The number of rotatable bonds is 5. The zero-order chi connectivity index (χ0) is 26.3. The van der Waals surface area contributed by atoms with E-state index in [1.807, 2.05) is 25.1 Å². The smallest absolute Gasteiger partial charge is 0.324 e. The van der Waals surface area contributed by atoms with Gasteiger partial charge >= 0.3 is 6.18 Å². The van der Waals surface area contributed by atoms with Gasteiger partial charge in [0, 0.05) is 17.4 Å². The number of pyridine rings is 1. The third kappa shape index (κ3) is 5.02. The lowest BCUT2D eigenvalue weighted by Crippen LogP contribution is -2.32. The summed E-state index contributed by atoms with van der Waals surface area (Å²) < 4.78 is 41.9. The van der Waals surface area contributed by atoms with E-state index in [2.05, 4.69) is 41.5 Å². The predicted octanol–water partition coefficient (Wildman–Crippen LogP) is 5.47. The number of alkyl halides is 3. The molecule has 8 nitrogen and oxygen atoms in total. The minimum atomic E-state index is -4.70. The van der Waals surface area contributed by atoms with Gasteiger partial charge < -0.3 is 10.2 Å². The number of nitrogens with one attached hydrogen (secondary N) is 2. The monoisotopic (exact) mass is 522 g/mol. The molecule has 38 heavy (non-hydrogen) atoms. The first-order valence-electron chi connectivity index (χ1n) is 13.0. The van der Waals surface area contributed by atoms with Crippen LogP contribution in [-0.4, -0.2) is 54.0 Å². The van der Waals surface area contributed by atoms with Gasteiger partial charge in [0.05, 0.1) is 5.69 Å². The Balaban J connectivity index is 1.29. The van der Waals surface area contributed by atoms with Crippen LogP contribution < -0.4 is 5.32 Å². The number of aromatic nitrogens is 6. The molecule has 1 atom stereocenters. The predicted molar refractivity (Wildman–Crippen MR) is 137 cm³/mol. The maximum absolute atomic E-state index is 13.6. The zero-order valence-electron chi connectivity index (χ0n) is 21.1. The Kier molecular flexibility index (Phi) is 6.38. The van der Waals surface area contributed by atoms with Gasteiger partial charge in [-0.25, -0.2) is 4.98 Å². The van der Waals surface area contributed by atoms with Crippen molar-refractivity contribution in [1.82, 2.24) is 34.8 Å². The van der Waals surface area contributed by atoms with Crippen LogP contribution >= 0.6 is 0 Å². The topological polar surface area (TPSA) is 87.6 Å². The van der Waals surface area contributed by atoms with Crippen LogP contribution in [0.1, 0.15) is 48.3 Å². The molecule has 0 radical (unpaired) electrons. The van der Waals surface area contributed by atoms with Gasteiger partial charge in [0.15, 0.2) is 5.82 Å². The molecule has 2 N–H and O–H groups in total. The van der Waals surface area contributed by atoms with Crippen molar-refractivity contribution in [2.45, 2.75) is 57.7 Å². The van der Waals surface area contributed by atoms with E-state index in [0.717, 1.165) is 36.1 Å². The number of nitrogens with zero attached hydrogens (tertiary/aromatic N) is 6. The number of hydrogen-bond donors (Lipinski definition) is 2. The molecule has 4 heterocycles. The van der Waals surface area contributed by atoms with Crippen LogP contribution in [0.2, 0.25) is 0 Å². The Morgan fingerprint density at radius 2 is 1.74 bits per heavy atom. The summed E-state index contributed by atoms with van der Waals surface area (Å²) in [6.45, 7) is 4.22. The lowest BCUT2D eigenvalue weighted by Gasteiger charge is -2.25. The molecule has 4 aromatic rings. The quantitative estimate of drug-likeness (QED) is 0.338. The van der Waals surface area contributed by atoms with E-state index in [9.17, 15) is 13.2 Å². The summed E-state index contributed by atoms with van der Waals surface area (Å²) in [6, 6.07) is 13.5. The van der Waals surface area contributed by atoms with E-state index >= 15 is 0 Å². The van der Waals surface area contributed by atoms with Crippen molar-refractivity contribution < 1.29 is 13.2 Å². The molecule has 0 saturated carbocycles. The first-order valence-corrected chi connectivity index (χ1v) is 13.0. The van der Waals surface area contributed by atoms with Crippen molar-refractivity contribution in [3.8, 4) is 17.2 Å². The van der Waals surface area contributed by atoms with Crippen LogP contribution in [0.5, 0.6) is 0 Å². The summed E-state index contributed by atoms with van der Waals surface area (Å²) >= 11 is 0. The second-order valence-corrected chi connectivity index (χ2v) is 10.1. The Morgan fingerprint density at radius 3 is 2.47 bits per heavy atom. The molecule has 1 aliphatic carbocycles. The van der Waals surface area contributed by atoms with Crippen molar-refractivity contribution in [2.75, 3.05) is 18.4 Å². The Hall–Kier alpha value is -3.73. The highest BCUT2D eigenvalue weighted by Crippen LogP contribution is 2.32. The molecule has 1 aromatic carbocycles. The second-order valence-electron chi connectivity index (χ2n) is 10.1. The largest absolute Gasteiger partial charge is 0.453 e. The number of H-pyrrole nitrogens is 1. The molecular weight excluding hydrogens is 493 g/mol. The molecule has 198 valence electrons. The molecule has 1 fully saturated rings. The summed E-state index contributed by atoms with van der Waals surface area (Å²) in [5.74, 6) is -1.08. The Morgan fingerprint density at radius 1 is 0.947 bits per heavy atom. The third-order valence-corrected chi connectivity index (χ3v) is 7.39. The number of halogens is 3. The average molecular weight is 523 g/mol. The molecule has 1 saturated heterocycles. The van der Waals surface area contributed by atoms with Gasteiger partial charge in [-0.2, -0.15) is 27.9 Å². The zero-order valence-corrected chi connectivity index (χ0v) is 21.1. The van der Waals surface area contributed by atoms with Crippen molar-refractivity contribution in [2.24, 2.45) is 0 Å². The molecule has 6 rings (SSSR count). The maximum Gasteiger partial charge on any atom is 0.453 e. The van der Waals surface area contributed by atoms with E-state index in [-0.39, 0.29) is 11.8 Å². The fraction of sp³-hybridized carbons (Fsp3) is 0.407. The van der Waals surface area contributed by atoms with Gasteiger partial charge in [-0.1, -0.05) is 12.1 Å². The Bertz CT molecular complexity index is 1430. The molecule has 0 bridgehead atoms. The van der Waals surface area contributed by atoms with E-state index in [4.69, 9.17) is 0 Å². The summed E-state index contributed by atoms with van der Waals surface area (Å²) in [5.41, 5.74) is 5.16. The highest BCUT2D eigenvalue weighted by Gasteiger charge is 2.37. The molecule has 1 unspecified atom stereocenters. The molecule has 1 aliphatic heterocycles. The van der Waals surface area contributed by atoms with E-state index in [1.165, 1.54) is 37.1 Å². The summed E-state index contributed by atoms with van der Waals surface area (Å²) in [5, 5.41) is 13.9. The normalized spacial score (nSPS) is 18.4. The fourth-order valence-corrected chi connectivity index (χ4v) is 5.48. The number of aromatic amines is 1. The summed E-state index contributed by atoms with van der Waals surface area (Å²) in [7, 11) is 0. The number of benzene rings is 1. The molecule has 2 aliphatic rings. The van der Waals surface area contributed by atoms with Gasteiger partial charge in [-0.3, -0.25) is 5.10 Å². The Labute approximate surface area is 218 Å². The van der Waals surface area contributed by atoms with Crippen molar-refractivity contribution in [3.05, 3.63) is 65.1 Å². The lowest BCUT2D eigenvalue weighted by atomic mass is 10.0. The SMILES string of the molecule is Cc1cc(-c2cccc(-n3nc(C(F)(F)F)nc3Nc3ccc4c(c3)CCC(N3CCCC3)CC4)n2)n[nH]1. The van der Waals surface area contributed by atoms with Crippen LogP contribution in [0.15, 0.2) is 42.5 Å². The third-order valence-electron chi connectivity index (χ3n) is 7.39. The highest BCUT2D eigenvalue weighted by atomic mass is 19.4. The molecule has 11 heteroatoms. The minimum absolute atomic E-state index is 0.0521. The number of aryl methyl sites for hydroxylation is 3. The van der Waals surface area contributed by atoms with Gasteiger partial charge in [0.25, 0.3) is 5.82 Å². The first kappa shape index (κ1) is 24.6. The van der Waals surface area contributed by atoms with E-state index in [0.29, 0.717) is 23.1 Å². The van der Waals surface area contributed by atoms with Crippen LogP contribution in [0.3, 0.4) is 0 Å². The number of likely N-dealkylation sites (tertiary alicyclic amines) is 1. The second kappa shape index (κ2) is 9.86. The average Bonchev–Trinajstić information content (AvgIpc) is 3.64. The van der Waals surface area contributed by atoms with Gasteiger partial charge in [-0.05, 0) is 100.0 Å². The number of fused-ring (bicyclic) bond motifs is 1.